The van der Waals surface area contributed by atoms with Crippen molar-refractivity contribution in [2.45, 2.75) is 46.5 Å². The number of anilines is 1. The Labute approximate surface area is 181 Å². The van der Waals surface area contributed by atoms with Crippen LogP contribution >= 0.6 is 0 Å². The van der Waals surface area contributed by atoms with Crippen molar-refractivity contribution in [3.63, 3.8) is 0 Å². The Morgan fingerprint density at radius 1 is 1.13 bits per heavy atom. The smallest absolute Gasteiger partial charge is 0.337 e. The second-order valence-corrected chi connectivity index (χ2v) is 10.9. The number of carbonyl (C=O) groups is 1. The first kappa shape index (κ1) is 20.1. The second kappa shape index (κ2) is 7.12. The van der Waals surface area contributed by atoms with Crippen molar-refractivity contribution in [1.82, 2.24) is 4.90 Å². The van der Waals surface area contributed by atoms with Gasteiger partial charge in [0.2, 0.25) is 0 Å². The zero-order valence-electron chi connectivity index (χ0n) is 19.0. The Morgan fingerprint density at radius 2 is 1.80 bits per heavy atom. The molecule has 1 saturated heterocycles. The highest BCUT2D eigenvalue weighted by Crippen LogP contribution is 2.84. The number of nitrogens with zero attached hydrogens (tertiary/aromatic N) is 2. The fourth-order valence-electron chi connectivity index (χ4n) is 6.22. The number of esters is 1. The van der Waals surface area contributed by atoms with Gasteiger partial charge in [0.1, 0.15) is 0 Å². The lowest BCUT2D eigenvalue weighted by Gasteiger charge is -2.40. The van der Waals surface area contributed by atoms with Gasteiger partial charge in [-0.1, -0.05) is 31.9 Å². The maximum atomic E-state index is 11.7. The number of methoxy groups -OCH3 is 1. The van der Waals surface area contributed by atoms with Crippen molar-refractivity contribution in [3.8, 4) is 0 Å². The number of hydrogen-bond donors (Lipinski definition) is 0. The Kier molecular flexibility index (Phi) is 4.77. The summed E-state index contributed by atoms with van der Waals surface area (Å²) in [4.78, 5) is 16.8. The van der Waals surface area contributed by atoms with Crippen molar-refractivity contribution >= 4 is 11.7 Å². The van der Waals surface area contributed by atoms with Crippen LogP contribution in [0.3, 0.4) is 0 Å². The molecular formula is C26H36N2O2. The van der Waals surface area contributed by atoms with Crippen molar-refractivity contribution in [2.75, 3.05) is 44.7 Å². The first-order valence-corrected chi connectivity index (χ1v) is 11.7. The minimum atomic E-state index is -0.270. The third-order valence-electron chi connectivity index (χ3n) is 8.55. The molecule has 162 valence electrons. The van der Waals surface area contributed by atoms with E-state index >= 15 is 0 Å². The number of benzene rings is 1. The molecule has 1 aliphatic heterocycles. The van der Waals surface area contributed by atoms with E-state index in [-0.39, 0.29) is 5.97 Å². The van der Waals surface area contributed by atoms with Crippen molar-refractivity contribution in [2.24, 2.45) is 22.7 Å². The standard InChI is InChI=1S/C26H36N2O2/c1-18-22-16-26(18,22)23-15-25(2,3)10-9-20(23)17-27-11-13-28(14-12-27)21-7-5-19(6-8-21)24(29)30-4/h5-8,18,22H,9-17H2,1-4H3. The van der Waals surface area contributed by atoms with Crippen molar-refractivity contribution in [3.05, 3.63) is 41.0 Å². The summed E-state index contributed by atoms with van der Waals surface area (Å²) < 4.78 is 4.80. The summed E-state index contributed by atoms with van der Waals surface area (Å²) in [7, 11) is 1.43. The number of allylic oxidation sites excluding steroid dienone is 1. The molecule has 0 radical (unpaired) electrons. The first-order valence-electron chi connectivity index (χ1n) is 11.7. The van der Waals surface area contributed by atoms with E-state index in [1.54, 1.807) is 5.57 Å². The molecule has 4 heteroatoms. The highest BCUT2D eigenvalue weighted by Gasteiger charge is 2.77. The molecule has 4 nitrogen and oxygen atoms in total. The summed E-state index contributed by atoms with van der Waals surface area (Å²) in [6.45, 7) is 12.9. The van der Waals surface area contributed by atoms with Crippen LogP contribution in [0.2, 0.25) is 0 Å². The van der Waals surface area contributed by atoms with Gasteiger partial charge >= 0.3 is 5.97 Å². The lowest BCUT2D eigenvalue weighted by atomic mass is 9.71. The lowest BCUT2D eigenvalue weighted by Crippen LogP contribution is -2.47. The lowest BCUT2D eigenvalue weighted by molar-refractivity contribution is 0.0600. The number of rotatable bonds is 5. The summed E-state index contributed by atoms with van der Waals surface area (Å²) in [5.74, 6) is 1.69. The van der Waals surface area contributed by atoms with Crippen LogP contribution in [0.25, 0.3) is 0 Å². The van der Waals surface area contributed by atoms with E-state index in [9.17, 15) is 4.79 Å². The predicted molar refractivity (Wildman–Crippen MR) is 121 cm³/mol. The summed E-state index contributed by atoms with van der Waals surface area (Å²) in [5.41, 5.74) is 6.60. The van der Waals surface area contributed by atoms with Crippen LogP contribution in [0, 0.1) is 22.7 Å². The Balaban J connectivity index is 1.22. The van der Waals surface area contributed by atoms with Gasteiger partial charge in [0, 0.05) is 38.4 Å². The third kappa shape index (κ3) is 3.37. The zero-order valence-corrected chi connectivity index (χ0v) is 19.0. The van der Waals surface area contributed by atoms with Gasteiger partial charge in [-0.15, -0.1) is 0 Å². The van der Waals surface area contributed by atoms with Gasteiger partial charge < -0.3 is 9.64 Å². The van der Waals surface area contributed by atoms with E-state index in [2.05, 4.69) is 30.6 Å². The third-order valence-corrected chi connectivity index (χ3v) is 8.55. The van der Waals surface area contributed by atoms with Gasteiger partial charge in [0.15, 0.2) is 0 Å². The summed E-state index contributed by atoms with van der Waals surface area (Å²) >= 11 is 0. The van der Waals surface area contributed by atoms with Crippen LogP contribution in [-0.2, 0) is 4.74 Å². The number of ether oxygens (including phenoxy) is 1. The highest BCUT2D eigenvalue weighted by molar-refractivity contribution is 5.89. The van der Waals surface area contributed by atoms with Crippen LogP contribution in [0.1, 0.15) is 56.8 Å². The number of hydrogen-bond acceptors (Lipinski definition) is 4. The molecule has 1 aromatic carbocycles. The highest BCUT2D eigenvalue weighted by atomic mass is 16.5. The topological polar surface area (TPSA) is 32.8 Å². The van der Waals surface area contributed by atoms with Gasteiger partial charge in [-0.2, -0.15) is 0 Å². The molecule has 3 aliphatic carbocycles. The molecule has 1 aromatic rings. The maximum Gasteiger partial charge on any atom is 0.337 e. The van der Waals surface area contributed by atoms with Crippen LogP contribution < -0.4 is 4.90 Å². The summed E-state index contributed by atoms with van der Waals surface area (Å²) in [5, 5.41) is 0. The molecule has 0 bridgehead atoms. The molecule has 5 rings (SSSR count). The van der Waals surface area contributed by atoms with Crippen molar-refractivity contribution in [1.29, 1.82) is 0 Å². The Morgan fingerprint density at radius 3 is 2.37 bits per heavy atom. The number of carbonyl (C=O) groups excluding carboxylic acids is 1. The van der Waals surface area contributed by atoms with E-state index in [0.717, 1.165) is 38.0 Å². The summed E-state index contributed by atoms with van der Waals surface area (Å²) in [6.07, 6.45) is 5.44. The number of fused-ring (bicyclic) bond motifs is 1. The molecule has 3 unspecified atom stereocenters. The van der Waals surface area contributed by atoms with E-state index in [0.29, 0.717) is 16.4 Å². The quantitative estimate of drug-likeness (QED) is 0.520. The molecule has 3 atom stereocenters. The minimum Gasteiger partial charge on any atom is -0.465 e. The van der Waals surface area contributed by atoms with E-state index in [4.69, 9.17) is 4.74 Å². The molecular weight excluding hydrogens is 372 g/mol. The van der Waals surface area contributed by atoms with Crippen LogP contribution in [0.4, 0.5) is 5.69 Å². The van der Waals surface area contributed by atoms with Gasteiger partial charge in [-0.3, -0.25) is 4.90 Å². The fourth-order valence-corrected chi connectivity index (χ4v) is 6.22. The van der Waals surface area contributed by atoms with Gasteiger partial charge in [0.05, 0.1) is 12.7 Å². The first-order chi connectivity index (χ1) is 14.3. The maximum absolute atomic E-state index is 11.7. The van der Waals surface area contributed by atoms with Crippen LogP contribution in [0.5, 0.6) is 0 Å². The average Bonchev–Trinajstić information content (AvgIpc) is 3.64. The molecule has 3 fully saturated rings. The average molecular weight is 409 g/mol. The molecule has 0 spiro atoms. The molecule has 2 saturated carbocycles. The molecule has 0 amide bonds. The van der Waals surface area contributed by atoms with Gasteiger partial charge in [0.25, 0.3) is 0 Å². The molecule has 1 heterocycles. The SMILES string of the molecule is COC(=O)c1ccc(N2CCN(CC3=C(C45CC4C5C)CC(C)(C)CC3)CC2)cc1. The monoisotopic (exact) mass is 408 g/mol. The predicted octanol–water partition coefficient (Wildman–Crippen LogP) is 4.76. The van der Waals surface area contributed by atoms with E-state index < -0.39 is 0 Å². The van der Waals surface area contributed by atoms with Crippen molar-refractivity contribution < 1.29 is 9.53 Å². The van der Waals surface area contributed by atoms with E-state index in [1.165, 1.54) is 45.0 Å². The van der Waals surface area contributed by atoms with Crippen LogP contribution in [0.15, 0.2) is 35.4 Å². The second-order valence-electron chi connectivity index (χ2n) is 10.9. The largest absolute Gasteiger partial charge is 0.465 e. The van der Waals surface area contributed by atoms with E-state index in [1.807, 2.05) is 29.8 Å². The normalized spacial score (nSPS) is 32.6. The molecule has 30 heavy (non-hydrogen) atoms. The van der Waals surface area contributed by atoms with Gasteiger partial charge in [-0.25, -0.2) is 4.79 Å². The number of piperazine rings is 1. The van der Waals surface area contributed by atoms with Gasteiger partial charge in [-0.05, 0) is 72.6 Å². The Bertz CT molecular complexity index is 858. The minimum absolute atomic E-state index is 0.270. The van der Waals surface area contributed by atoms with Crippen LogP contribution in [-0.4, -0.2) is 50.7 Å². The molecule has 0 N–H and O–H groups in total. The zero-order chi connectivity index (χ0) is 21.1. The Hall–Kier alpha value is -1.81. The fraction of sp³-hybridized carbons (Fsp3) is 0.654. The molecule has 4 aliphatic rings. The molecule has 0 aromatic heterocycles. The summed E-state index contributed by atoms with van der Waals surface area (Å²) in [6, 6.07) is 7.84.